The first kappa shape index (κ1) is 33.1. The van der Waals surface area contributed by atoms with E-state index in [0.29, 0.717) is 50.6 Å². The third-order valence-electron chi connectivity index (χ3n) is 10.7. The van der Waals surface area contributed by atoms with Gasteiger partial charge in [0.25, 0.3) is 5.91 Å². The molecule has 1 atom stereocenters. The van der Waals surface area contributed by atoms with Crippen LogP contribution in [0.1, 0.15) is 79.6 Å². The SMILES string of the molecule is COc1ccc(-c2c(C3CCCCC3)c3ccc(C(=O)NS(=O)(=O)C4CC4)cc3n2CC2(C(=O)N3CCOC(CN(C)C)C3)CC2)cc1. The molecular formula is C37H48N4O6S. The van der Waals surface area contributed by atoms with Gasteiger partial charge in [0, 0.05) is 42.6 Å². The molecule has 0 radical (unpaired) electrons. The normalized spacial score (nSPS) is 21.4. The molecule has 3 aromatic rings. The van der Waals surface area contributed by atoms with Crippen LogP contribution in [0.4, 0.5) is 0 Å². The van der Waals surface area contributed by atoms with Gasteiger partial charge in [-0.2, -0.15) is 0 Å². The number of nitrogens with one attached hydrogen (secondary N) is 1. The molecule has 1 N–H and O–H groups in total. The first-order valence-corrected chi connectivity index (χ1v) is 19.1. The number of sulfonamides is 1. The van der Waals surface area contributed by atoms with Crippen LogP contribution in [0, 0.1) is 5.41 Å². The van der Waals surface area contributed by atoms with Crippen molar-refractivity contribution in [3.8, 4) is 17.0 Å². The molecule has 258 valence electrons. The van der Waals surface area contributed by atoms with Crippen LogP contribution in [0.3, 0.4) is 0 Å². The Bertz CT molecular complexity index is 1790. The Labute approximate surface area is 283 Å². The van der Waals surface area contributed by atoms with Crippen LogP contribution in [0.25, 0.3) is 22.2 Å². The number of hydrogen-bond donors (Lipinski definition) is 1. The van der Waals surface area contributed by atoms with E-state index in [2.05, 4.69) is 26.3 Å². The maximum atomic E-state index is 14.4. The minimum atomic E-state index is -3.70. The zero-order valence-corrected chi connectivity index (χ0v) is 29.2. The van der Waals surface area contributed by atoms with Gasteiger partial charge in [-0.1, -0.05) is 25.3 Å². The van der Waals surface area contributed by atoms with Gasteiger partial charge < -0.3 is 23.8 Å². The van der Waals surface area contributed by atoms with Gasteiger partial charge in [-0.15, -0.1) is 0 Å². The lowest BCUT2D eigenvalue weighted by atomic mass is 9.81. The van der Waals surface area contributed by atoms with Gasteiger partial charge in [0.2, 0.25) is 15.9 Å². The fourth-order valence-electron chi connectivity index (χ4n) is 7.85. The van der Waals surface area contributed by atoms with Crippen molar-refractivity contribution in [1.82, 2.24) is 19.1 Å². The monoisotopic (exact) mass is 676 g/mol. The van der Waals surface area contributed by atoms with Crippen molar-refractivity contribution in [2.24, 2.45) is 5.41 Å². The van der Waals surface area contributed by atoms with E-state index in [1.54, 1.807) is 13.2 Å². The highest BCUT2D eigenvalue weighted by atomic mass is 32.2. The number of carbonyl (C=O) groups is 2. The Morgan fingerprint density at radius 3 is 2.40 bits per heavy atom. The fraction of sp³-hybridized carbons (Fsp3) is 0.568. The zero-order valence-electron chi connectivity index (χ0n) is 28.4. The van der Waals surface area contributed by atoms with Crippen molar-refractivity contribution >= 4 is 32.7 Å². The lowest BCUT2D eigenvalue weighted by Gasteiger charge is -2.36. The topological polar surface area (TPSA) is 110 Å². The Hall–Kier alpha value is -3.41. The summed E-state index contributed by atoms with van der Waals surface area (Å²) in [6, 6.07) is 13.7. The molecule has 2 aromatic carbocycles. The maximum absolute atomic E-state index is 14.4. The molecule has 48 heavy (non-hydrogen) atoms. The number of morpholine rings is 1. The fourth-order valence-corrected chi connectivity index (χ4v) is 9.15. The average Bonchev–Trinajstić information content (AvgIpc) is 4.02. The summed E-state index contributed by atoms with van der Waals surface area (Å²) in [5, 5.41) is 0.571. The number of aromatic nitrogens is 1. The molecule has 1 unspecified atom stereocenters. The molecule has 3 aliphatic carbocycles. The molecule has 1 saturated heterocycles. The van der Waals surface area contributed by atoms with Gasteiger partial charge in [-0.05, 0) is 106 Å². The number of ether oxygens (including phenoxy) is 2. The second kappa shape index (κ2) is 13.1. The summed E-state index contributed by atoms with van der Waals surface area (Å²) in [5.74, 6) is 0.663. The summed E-state index contributed by atoms with van der Waals surface area (Å²) in [5.41, 5.74) is 3.99. The number of rotatable bonds is 11. The zero-order chi connectivity index (χ0) is 33.6. The summed E-state index contributed by atoms with van der Waals surface area (Å²) in [6.45, 7) is 2.92. The highest BCUT2D eigenvalue weighted by Crippen LogP contribution is 2.52. The highest BCUT2D eigenvalue weighted by Gasteiger charge is 2.53. The van der Waals surface area contributed by atoms with E-state index in [1.165, 1.54) is 12.0 Å². The molecule has 3 saturated carbocycles. The Kier molecular flexibility index (Phi) is 9.06. The van der Waals surface area contributed by atoms with Crippen molar-refractivity contribution < 1.29 is 27.5 Å². The molecule has 1 aliphatic heterocycles. The van der Waals surface area contributed by atoms with Crippen LogP contribution < -0.4 is 9.46 Å². The number of hydrogen-bond acceptors (Lipinski definition) is 7. The van der Waals surface area contributed by atoms with Crippen LogP contribution in [0.2, 0.25) is 0 Å². The van der Waals surface area contributed by atoms with E-state index < -0.39 is 26.6 Å². The molecule has 2 amide bonds. The number of likely N-dealkylation sites (N-methyl/N-ethyl adjacent to an activating group) is 1. The molecule has 11 heteroatoms. The van der Waals surface area contributed by atoms with Gasteiger partial charge in [0.05, 0.1) is 36.2 Å². The predicted molar refractivity (Wildman–Crippen MR) is 186 cm³/mol. The van der Waals surface area contributed by atoms with E-state index in [-0.39, 0.29) is 12.0 Å². The van der Waals surface area contributed by atoms with Crippen LogP contribution in [0.5, 0.6) is 5.75 Å². The average molecular weight is 677 g/mol. The summed E-state index contributed by atoms with van der Waals surface area (Å²) in [7, 11) is 1.99. The van der Waals surface area contributed by atoms with Crippen LogP contribution >= 0.6 is 0 Å². The molecule has 1 aromatic heterocycles. The lowest BCUT2D eigenvalue weighted by Crippen LogP contribution is -2.51. The molecule has 4 aliphatic rings. The number of fused-ring (bicyclic) bond motifs is 1. The van der Waals surface area contributed by atoms with E-state index in [1.807, 2.05) is 43.3 Å². The van der Waals surface area contributed by atoms with E-state index in [0.717, 1.165) is 73.0 Å². The van der Waals surface area contributed by atoms with Crippen LogP contribution in [0.15, 0.2) is 42.5 Å². The van der Waals surface area contributed by atoms with Gasteiger partial charge >= 0.3 is 0 Å². The van der Waals surface area contributed by atoms with Gasteiger partial charge in [-0.25, -0.2) is 13.1 Å². The Morgan fingerprint density at radius 1 is 1.02 bits per heavy atom. The van der Waals surface area contributed by atoms with Crippen molar-refractivity contribution in [2.45, 2.75) is 81.6 Å². The largest absolute Gasteiger partial charge is 0.497 e. The number of benzene rings is 2. The molecular weight excluding hydrogens is 628 g/mol. The molecule has 0 bridgehead atoms. The van der Waals surface area contributed by atoms with Crippen LogP contribution in [-0.4, -0.2) is 93.4 Å². The second-order valence-electron chi connectivity index (χ2n) is 14.6. The van der Waals surface area contributed by atoms with Gasteiger partial charge in [-0.3, -0.25) is 9.59 Å². The second-order valence-corrected chi connectivity index (χ2v) is 16.6. The third-order valence-corrected chi connectivity index (χ3v) is 12.5. The number of amides is 2. The van der Waals surface area contributed by atoms with Crippen molar-refractivity contribution in [2.75, 3.05) is 47.4 Å². The van der Waals surface area contributed by atoms with Crippen molar-refractivity contribution in [3.05, 3.63) is 53.6 Å². The van der Waals surface area contributed by atoms with Crippen molar-refractivity contribution in [3.63, 3.8) is 0 Å². The smallest absolute Gasteiger partial charge is 0.264 e. The van der Waals surface area contributed by atoms with E-state index in [4.69, 9.17) is 9.47 Å². The number of carbonyl (C=O) groups excluding carboxylic acids is 2. The van der Waals surface area contributed by atoms with Gasteiger partial charge in [0.1, 0.15) is 5.75 Å². The first-order chi connectivity index (χ1) is 23.1. The van der Waals surface area contributed by atoms with Crippen molar-refractivity contribution in [1.29, 1.82) is 0 Å². The minimum absolute atomic E-state index is 0.0262. The molecule has 2 heterocycles. The van der Waals surface area contributed by atoms with E-state index >= 15 is 0 Å². The minimum Gasteiger partial charge on any atom is -0.497 e. The summed E-state index contributed by atoms with van der Waals surface area (Å²) >= 11 is 0. The molecule has 10 nitrogen and oxygen atoms in total. The Morgan fingerprint density at radius 2 is 1.75 bits per heavy atom. The highest BCUT2D eigenvalue weighted by molar-refractivity contribution is 7.91. The molecule has 0 spiro atoms. The number of nitrogens with zero attached hydrogens (tertiary/aromatic N) is 3. The summed E-state index contributed by atoms with van der Waals surface area (Å²) < 4.78 is 41.5. The predicted octanol–water partition coefficient (Wildman–Crippen LogP) is 5.16. The molecule has 4 fully saturated rings. The summed E-state index contributed by atoms with van der Waals surface area (Å²) in [4.78, 5) is 31.9. The quantitative estimate of drug-likeness (QED) is 0.299. The lowest BCUT2D eigenvalue weighted by molar-refractivity contribution is -0.145. The summed E-state index contributed by atoms with van der Waals surface area (Å²) in [6.07, 6.45) is 8.42. The first-order valence-electron chi connectivity index (χ1n) is 17.5. The number of methoxy groups -OCH3 is 1. The standard InChI is InChI=1S/C37H48N4O6S/c1-39(2)22-29-23-40(19-20-47-29)36(43)37(17-18-37)24-41-32-21-27(35(42)38-48(44,45)30-14-15-30)11-16-31(32)33(25-7-5-4-6-8-25)34(41)26-9-12-28(46-3)13-10-26/h9-13,16,21,25,29-30H,4-8,14-15,17-20,22-24H2,1-3H3,(H,38,42). The van der Waals surface area contributed by atoms with E-state index in [9.17, 15) is 18.0 Å². The van der Waals surface area contributed by atoms with Gasteiger partial charge in [0.15, 0.2) is 0 Å². The van der Waals surface area contributed by atoms with Crippen LogP contribution in [-0.2, 0) is 26.1 Å². The maximum Gasteiger partial charge on any atom is 0.264 e. The molecule has 7 rings (SSSR count). The third kappa shape index (κ3) is 6.61. The Balaban J connectivity index is 1.33.